The molecule has 7 aromatic carbocycles. The Morgan fingerprint density at radius 2 is 0.894 bits per heavy atom. The van der Waals surface area contributed by atoms with Gasteiger partial charge in [0.05, 0.1) is 5.56 Å². The minimum Gasteiger partial charge on any atom is -0.455 e. The van der Waals surface area contributed by atoms with Crippen LogP contribution in [0.3, 0.4) is 0 Å². The Labute approximate surface area is 271 Å². The number of aromatic nitrogens is 3. The molecule has 47 heavy (non-hydrogen) atoms. The van der Waals surface area contributed by atoms with E-state index in [-0.39, 0.29) is 0 Å². The summed E-state index contributed by atoms with van der Waals surface area (Å²) >= 11 is 0. The second kappa shape index (κ2) is 11.2. The van der Waals surface area contributed by atoms with Crippen LogP contribution in [0.4, 0.5) is 0 Å². The monoisotopic (exact) mass is 601 g/mol. The second-order valence-electron chi connectivity index (χ2n) is 11.6. The summed E-state index contributed by atoms with van der Waals surface area (Å²) in [5, 5.41) is 4.58. The maximum absolute atomic E-state index is 6.63. The maximum atomic E-state index is 6.63. The van der Waals surface area contributed by atoms with E-state index in [4.69, 9.17) is 19.4 Å². The van der Waals surface area contributed by atoms with Crippen molar-refractivity contribution in [2.75, 3.05) is 0 Å². The molecule has 2 heterocycles. The number of furan rings is 1. The lowest BCUT2D eigenvalue weighted by Crippen LogP contribution is -2.00. The average Bonchev–Trinajstić information content (AvgIpc) is 3.53. The molecule has 2 aromatic heterocycles. The quantitative estimate of drug-likeness (QED) is 0.197. The van der Waals surface area contributed by atoms with E-state index in [0.717, 1.165) is 49.8 Å². The van der Waals surface area contributed by atoms with Crippen LogP contribution in [0.15, 0.2) is 168 Å². The fourth-order valence-corrected chi connectivity index (χ4v) is 6.40. The predicted molar refractivity (Wildman–Crippen MR) is 192 cm³/mol. The summed E-state index contributed by atoms with van der Waals surface area (Å²) in [6.07, 6.45) is 0. The van der Waals surface area contributed by atoms with Crippen LogP contribution in [0.1, 0.15) is 0 Å². The Hall–Kier alpha value is -6.39. The Morgan fingerprint density at radius 3 is 1.64 bits per heavy atom. The van der Waals surface area contributed by atoms with Crippen LogP contribution >= 0.6 is 0 Å². The lowest BCUT2D eigenvalue weighted by atomic mass is 9.96. The van der Waals surface area contributed by atoms with E-state index in [1.54, 1.807) is 0 Å². The molecule has 9 rings (SSSR count). The van der Waals surface area contributed by atoms with Crippen LogP contribution in [0.2, 0.25) is 0 Å². The van der Waals surface area contributed by atoms with Gasteiger partial charge in [0.25, 0.3) is 0 Å². The summed E-state index contributed by atoms with van der Waals surface area (Å²) in [5.41, 5.74) is 8.94. The summed E-state index contributed by atoms with van der Waals surface area (Å²) in [6.45, 7) is 0. The molecule has 0 N–H and O–H groups in total. The molecule has 0 radical (unpaired) electrons. The van der Waals surface area contributed by atoms with Gasteiger partial charge in [0, 0.05) is 21.9 Å². The van der Waals surface area contributed by atoms with Crippen LogP contribution in [-0.2, 0) is 0 Å². The minimum atomic E-state index is 0.576. The first kappa shape index (κ1) is 27.0. The number of hydrogen-bond acceptors (Lipinski definition) is 4. The zero-order chi connectivity index (χ0) is 31.2. The molecule has 0 saturated heterocycles. The molecule has 0 aliphatic carbocycles. The van der Waals surface area contributed by atoms with Crippen molar-refractivity contribution in [3.05, 3.63) is 164 Å². The van der Waals surface area contributed by atoms with Gasteiger partial charge in [-0.25, -0.2) is 15.0 Å². The fourth-order valence-electron chi connectivity index (χ4n) is 6.40. The van der Waals surface area contributed by atoms with Gasteiger partial charge in [-0.3, -0.25) is 0 Å². The lowest BCUT2D eigenvalue weighted by Gasteiger charge is -2.08. The molecule has 0 unspecified atom stereocenters. The summed E-state index contributed by atoms with van der Waals surface area (Å²) < 4.78 is 6.63. The molecule has 0 saturated carbocycles. The van der Waals surface area contributed by atoms with Gasteiger partial charge in [0.1, 0.15) is 11.2 Å². The van der Waals surface area contributed by atoms with Gasteiger partial charge < -0.3 is 4.42 Å². The Balaban J connectivity index is 1.13. The fraction of sp³-hybridized carbons (Fsp3) is 0. The van der Waals surface area contributed by atoms with E-state index in [2.05, 4.69) is 91.0 Å². The van der Waals surface area contributed by atoms with Gasteiger partial charge in [-0.05, 0) is 51.2 Å². The SMILES string of the molecule is c1ccc(-c2nc(-c3ccccc3)nc(-c3cccc4c3oc3cc(-c5ccc(-c6cccc7ccccc67)cc5)ccc34)n2)cc1. The van der Waals surface area contributed by atoms with Crippen molar-refractivity contribution in [3.8, 4) is 56.4 Å². The molecule has 0 amide bonds. The molecule has 0 bridgehead atoms. The maximum Gasteiger partial charge on any atom is 0.167 e. The highest BCUT2D eigenvalue weighted by molar-refractivity contribution is 6.10. The molecule has 0 spiro atoms. The smallest absolute Gasteiger partial charge is 0.167 e. The highest BCUT2D eigenvalue weighted by Crippen LogP contribution is 2.38. The molecular formula is C43H27N3O. The third-order valence-electron chi connectivity index (χ3n) is 8.76. The molecule has 0 atom stereocenters. The third kappa shape index (κ3) is 4.84. The van der Waals surface area contributed by atoms with E-state index in [9.17, 15) is 0 Å². The van der Waals surface area contributed by atoms with Crippen LogP contribution in [-0.4, -0.2) is 15.0 Å². The predicted octanol–water partition coefficient (Wildman–Crippen LogP) is 11.3. The van der Waals surface area contributed by atoms with Crippen molar-refractivity contribution < 1.29 is 4.42 Å². The highest BCUT2D eigenvalue weighted by Gasteiger charge is 2.18. The number of fused-ring (bicyclic) bond motifs is 4. The van der Waals surface area contributed by atoms with Gasteiger partial charge in [-0.1, -0.05) is 146 Å². The van der Waals surface area contributed by atoms with Crippen molar-refractivity contribution in [1.82, 2.24) is 15.0 Å². The van der Waals surface area contributed by atoms with Crippen molar-refractivity contribution in [2.24, 2.45) is 0 Å². The average molecular weight is 602 g/mol. The van der Waals surface area contributed by atoms with Crippen LogP contribution in [0.25, 0.3) is 89.1 Å². The first-order valence-electron chi connectivity index (χ1n) is 15.7. The summed E-state index contributed by atoms with van der Waals surface area (Å²) in [4.78, 5) is 14.8. The number of hydrogen-bond donors (Lipinski definition) is 0. The van der Waals surface area contributed by atoms with Crippen LogP contribution in [0.5, 0.6) is 0 Å². The molecule has 4 heteroatoms. The number of rotatable bonds is 5. The number of para-hydroxylation sites is 1. The van der Waals surface area contributed by atoms with Crippen molar-refractivity contribution in [1.29, 1.82) is 0 Å². The van der Waals surface area contributed by atoms with E-state index in [1.165, 1.54) is 21.9 Å². The van der Waals surface area contributed by atoms with Crippen LogP contribution < -0.4 is 0 Å². The Morgan fingerprint density at radius 1 is 0.340 bits per heavy atom. The van der Waals surface area contributed by atoms with Gasteiger partial charge in [0.2, 0.25) is 0 Å². The molecular weight excluding hydrogens is 574 g/mol. The van der Waals surface area contributed by atoms with Crippen molar-refractivity contribution in [3.63, 3.8) is 0 Å². The standard InChI is InChI=1S/C43H27N3O/c1-3-12-31(13-4-1)41-44-42(32-14-5-2-6-15-32)46-43(45-41)38-20-10-19-37-36-26-25-33(27-39(36)47-40(37)38)28-21-23-30(24-22-28)35-18-9-16-29-11-7-8-17-34(29)35/h1-27H. The third-order valence-corrected chi connectivity index (χ3v) is 8.76. The van der Waals surface area contributed by atoms with Gasteiger partial charge in [0.15, 0.2) is 17.5 Å². The molecule has 0 aliphatic heterocycles. The minimum absolute atomic E-state index is 0.576. The van der Waals surface area contributed by atoms with E-state index in [1.807, 2.05) is 72.8 Å². The zero-order valence-corrected chi connectivity index (χ0v) is 25.3. The summed E-state index contributed by atoms with van der Waals surface area (Å²) in [5.74, 6) is 1.82. The normalized spacial score (nSPS) is 11.4. The Kier molecular flexibility index (Phi) is 6.43. The number of benzene rings is 7. The first-order chi connectivity index (χ1) is 23.3. The largest absolute Gasteiger partial charge is 0.455 e. The first-order valence-corrected chi connectivity index (χ1v) is 15.7. The van der Waals surface area contributed by atoms with Crippen LogP contribution in [0, 0.1) is 0 Å². The summed E-state index contributed by atoms with van der Waals surface area (Å²) in [6, 6.07) is 56.4. The highest BCUT2D eigenvalue weighted by atomic mass is 16.3. The topological polar surface area (TPSA) is 51.8 Å². The molecule has 4 nitrogen and oxygen atoms in total. The zero-order valence-electron chi connectivity index (χ0n) is 25.3. The molecule has 0 aliphatic rings. The van der Waals surface area contributed by atoms with Gasteiger partial charge >= 0.3 is 0 Å². The second-order valence-corrected chi connectivity index (χ2v) is 11.6. The number of nitrogens with zero attached hydrogens (tertiary/aromatic N) is 3. The Bertz CT molecular complexity index is 2490. The van der Waals surface area contributed by atoms with E-state index < -0.39 is 0 Å². The van der Waals surface area contributed by atoms with Gasteiger partial charge in [-0.15, -0.1) is 0 Å². The van der Waals surface area contributed by atoms with Crippen molar-refractivity contribution in [2.45, 2.75) is 0 Å². The van der Waals surface area contributed by atoms with E-state index >= 15 is 0 Å². The lowest BCUT2D eigenvalue weighted by molar-refractivity contribution is 0.669. The summed E-state index contributed by atoms with van der Waals surface area (Å²) in [7, 11) is 0. The van der Waals surface area contributed by atoms with E-state index in [0.29, 0.717) is 17.5 Å². The molecule has 9 aromatic rings. The van der Waals surface area contributed by atoms with Crippen molar-refractivity contribution >= 4 is 32.7 Å². The molecule has 0 fully saturated rings. The van der Waals surface area contributed by atoms with Gasteiger partial charge in [-0.2, -0.15) is 0 Å². The molecule has 220 valence electrons.